The first kappa shape index (κ1) is 20.6. The third-order valence-electron chi connectivity index (χ3n) is 3.65. The first-order valence-electron chi connectivity index (χ1n) is 7.57. The summed E-state index contributed by atoms with van der Waals surface area (Å²) >= 11 is 5.98. The number of benzene rings is 1. The number of halogens is 2. The molecule has 0 aliphatic carbocycles. The molecular formula is C15H21Cl2N3O4. The lowest BCUT2D eigenvalue weighted by molar-refractivity contribution is -0.384. The molecule has 1 aromatic carbocycles. The zero-order chi connectivity index (χ0) is 16.7. The maximum atomic E-state index is 10.6. The summed E-state index contributed by atoms with van der Waals surface area (Å²) in [7, 11) is 0. The first-order chi connectivity index (χ1) is 11.1. The fourth-order valence-corrected chi connectivity index (χ4v) is 2.62. The van der Waals surface area contributed by atoms with E-state index in [1.807, 2.05) is 0 Å². The van der Waals surface area contributed by atoms with Gasteiger partial charge in [-0.1, -0.05) is 23.2 Å². The van der Waals surface area contributed by atoms with Crippen LogP contribution in [0.2, 0.25) is 0 Å². The monoisotopic (exact) mass is 377 g/mol. The molecule has 0 aromatic heterocycles. The molecule has 2 rings (SSSR count). The van der Waals surface area contributed by atoms with E-state index in [-0.39, 0.29) is 29.9 Å². The second kappa shape index (κ2) is 10.5. The van der Waals surface area contributed by atoms with Crippen LogP contribution in [0.25, 0.3) is 0 Å². The van der Waals surface area contributed by atoms with Gasteiger partial charge in [-0.3, -0.25) is 10.1 Å². The average Bonchev–Trinajstić information content (AvgIpc) is 2.55. The van der Waals surface area contributed by atoms with Crippen molar-refractivity contribution in [3.05, 3.63) is 39.9 Å². The van der Waals surface area contributed by atoms with Gasteiger partial charge in [0.15, 0.2) is 5.17 Å². The third-order valence-corrected chi connectivity index (χ3v) is 3.93. The van der Waals surface area contributed by atoms with Crippen molar-refractivity contribution in [3.63, 3.8) is 0 Å². The summed E-state index contributed by atoms with van der Waals surface area (Å²) in [6.07, 6.45) is 2.95. The number of hydrogen-bond donors (Lipinski definition) is 1. The van der Waals surface area contributed by atoms with Crippen LogP contribution in [0.3, 0.4) is 0 Å². The van der Waals surface area contributed by atoms with Gasteiger partial charge >= 0.3 is 0 Å². The van der Waals surface area contributed by atoms with Crippen molar-refractivity contribution in [1.29, 1.82) is 0 Å². The summed E-state index contributed by atoms with van der Waals surface area (Å²) in [4.78, 5) is 17.4. The molecule has 9 heteroatoms. The van der Waals surface area contributed by atoms with E-state index >= 15 is 0 Å². The number of hydrogen-bond acceptors (Lipinski definition) is 6. The highest BCUT2D eigenvalue weighted by Crippen LogP contribution is 2.14. The first-order valence-corrected chi connectivity index (χ1v) is 7.95. The van der Waals surface area contributed by atoms with Crippen molar-refractivity contribution in [2.24, 2.45) is 5.16 Å². The van der Waals surface area contributed by atoms with Crippen molar-refractivity contribution < 1.29 is 14.9 Å². The minimum Gasteiger partial charge on any atom is -0.392 e. The minimum absolute atomic E-state index is 0. The molecule has 0 radical (unpaired) electrons. The van der Waals surface area contributed by atoms with E-state index in [0.29, 0.717) is 12.1 Å². The zero-order valence-corrected chi connectivity index (χ0v) is 14.7. The van der Waals surface area contributed by atoms with E-state index in [1.54, 1.807) is 0 Å². The highest BCUT2D eigenvalue weighted by atomic mass is 35.5. The quantitative estimate of drug-likeness (QED) is 0.448. The number of non-ortho nitro benzene ring substituents is 1. The maximum absolute atomic E-state index is 10.6. The zero-order valence-electron chi connectivity index (χ0n) is 13.1. The molecule has 1 fully saturated rings. The average molecular weight is 378 g/mol. The van der Waals surface area contributed by atoms with E-state index in [0.717, 1.165) is 25.9 Å². The molecule has 1 aliphatic rings. The lowest BCUT2D eigenvalue weighted by atomic mass is 10.1. The molecule has 1 heterocycles. The number of piperidine rings is 1. The van der Waals surface area contributed by atoms with Crippen LogP contribution < -0.4 is 0 Å². The maximum Gasteiger partial charge on any atom is 0.269 e. The van der Waals surface area contributed by atoms with E-state index in [1.165, 1.54) is 30.7 Å². The van der Waals surface area contributed by atoms with Gasteiger partial charge in [-0.15, -0.1) is 12.4 Å². The Balaban J connectivity index is 0.00000288. The van der Waals surface area contributed by atoms with Crippen LogP contribution in [-0.2, 0) is 4.84 Å². The normalized spacial score (nSPS) is 17.0. The summed E-state index contributed by atoms with van der Waals surface area (Å²) < 4.78 is 0. The Labute approximate surface area is 151 Å². The summed E-state index contributed by atoms with van der Waals surface area (Å²) in [5, 5.41) is 24.3. The lowest BCUT2D eigenvalue weighted by Gasteiger charge is -2.27. The standard InChI is InChI=1S/C15H20ClN3O4.ClH/c16-15(12-4-6-13(7-5-12)19(21)22)17-23-11-14(20)10-18-8-2-1-3-9-18;/h4-7,14,20H,1-3,8-11H2;1H. The van der Waals surface area contributed by atoms with Crippen LogP contribution >= 0.6 is 24.0 Å². The number of nitro groups is 1. The molecular weight excluding hydrogens is 357 g/mol. The summed E-state index contributed by atoms with van der Waals surface area (Å²) in [5.74, 6) is 0. The van der Waals surface area contributed by atoms with Crippen molar-refractivity contribution in [2.45, 2.75) is 25.4 Å². The van der Waals surface area contributed by atoms with Crippen molar-refractivity contribution in [3.8, 4) is 0 Å². The SMILES string of the molecule is Cl.O=[N+]([O-])c1ccc(C(Cl)=NOCC(O)CN2CCCCC2)cc1. The number of aliphatic hydroxyl groups excluding tert-OH is 1. The van der Waals surface area contributed by atoms with Gasteiger partial charge < -0.3 is 14.8 Å². The van der Waals surface area contributed by atoms with Gasteiger partial charge in [-0.25, -0.2) is 0 Å². The van der Waals surface area contributed by atoms with Gasteiger partial charge in [0.1, 0.15) is 12.7 Å². The smallest absolute Gasteiger partial charge is 0.269 e. The van der Waals surface area contributed by atoms with Crippen LogP contribution in [0.15, 0.2) is 29.4 Å². The fraction of sp³-hybridized carbons (Fsp3) is 0.533. The molecule has 1 N–H and O–H groups in total. The Hall–Kier alpha value is -1.41. The molecule has 0 spiro atoms. The van der Waals surface area contributed by atoms with Crippen LogP contribution in [0.5, 0.6) is 0 Å². The predicted octanol–water partition coefficient (Wildman–Crippen LogP) is 2.78. The Morgan fingerprint density at radius 2 is 1.96 bits per heavy atom. The van der Waals surface area contributed by atoms with Gasteiger partial charge in [-0.2, -0.15) is 0 Å². The van der Waals surface area contributed by atoms with Gasteiger partial charge in [0.2, 0.25) is 0 Å². The van der Waals surface area contributed by atoms with Gasteiger partial charge in [0.05, 0.1) is 4.92 Å². The number of likely N-dealkylation sites (tertiary alicyclic amines) is 1. The summed E-state index contributed by atoms with van der Waals surface area (Å²) in [6, 6.07) is 5.69. The third kappa shape index (κ3) is 6.60. The van der Waals surface area contributed by atoms with Gasteiger partial charge in [0.25, 0.3) is 5.69 Å². The fourth-order valence-electron chi connectivity index (χ4n) is 2.45. The highest BCUT2D eigenvalue weighted by molar-refractivity contribution is 6.69. The molecule has 24 heavy (non-hydrogen) atoms. The number of rotatable bonds is 7. The van der Waals surface area contributed by atoms with E-state index in [4.69, 9.17) is 16.4 Å². The number of oxime groups is 1. The van der Waals surface area contributed by atoms with E-state index < -0.39 is 11.0 Å². The molecule has 0 bridgehead atoms. The van der Waals surface area contributed by atoms with Crippen molar-refractivity contribution in [1.82, 2.24) is 4.90 Å². The predicted molar refractivity (Wildman–Crippen MR) is 95.0 cm³/mol. The summed E-state index contributed by atoms with van der Waals surface area (Å²) in [5.41, 5.74) is 0.499. The minimum atomic E-state index is -0.627. The Bertz CT molecular complexity index is 548. The van der Waals surface area contributed by atoms with E-state index in [9.17, 15) is 15.2 Å². The van der Waals surface area contributed by atoms with Gasteiger partial charge in [-0.05, 0) is 38.1 Å². The van der Waals surface area contributed by atoms with Crippen LogP contribution in [0.1, 0.15) is 24.8 Å². The molecule has 1 aromatic rings. The van der Waals surface area contributed by atoms with Crippen LogP contribution in [0, 0.1) is 10.1 Å². The lowest BCUT2D eigenvalue weighted by Crippen LogP contribution is -2.38. The van der Waals surface area contributed by atoms with Crippen LogP contribution in [-0.4, -0.2) is 52.4 Å². The molecule has 1 saturated heterocycles. The highest BCUT2D eigenvalue weighted by Gasteiger charge is 2.15. The Kier molecular flexibility index (Phi) is 8.99. The molecule has 0 amide bonds. The molecule has 1 atom stereocenters. The Morgan fingerprint density at radius 3 is 2.54 bits per heavy atom. The topological polar surface area (TPSA) is 88.2 Å². The largest absolute Gasteiger partial charge is 0.392 e. The molecule has 1 aliphatic heterocycles. The molecule has 7 nitrogen and oxygen atoms in total. The number of nitro benzene ring substituents is 1. The van der Waals surface area contributed by atoms with Crippen molar-refractivity contribution >= 4 is 34.9 Å². The molecule has 134 valence electrons. The number of β-amino-alcohol motifs (C(OH)–C–C–N with tert-alkyl or cyclic N) is 1. The molecule has 1 unspecified atom stereocenters. The summed E-state index contributed by atoms with van der Waals surface area (Å²) in [6.45, 7) is 2.62. The second-order valence-corrected chi connectivity index (χ2v) is 5.85. The molecule has 0 saturated carbocycles. The van der Waals surface area contributed by atoms with E-state index in [2.05, 4.69) is 10.1 Å². The second-order valence-electron chi connectivity index (χ2n) is 5.50. The van der Waals surface area contributed by atoms with Crippen molar-refractivity contribution in [2.75, 3.05) is 26.2 Å². The number of aliphatic hydroxyl groups is 1. The van der Waals surface area contributed by atoms with Crippen LogP contribution in [0.4, 0.5) is 5.69 Å². The Morgan fingerprint density at radius 1 is 1.33 bits per heavy atom. The van der Waals surface area contributed by atoms with Gasteiger partial charge in [0, 0.05) is 24.2 Å². The number of nitrogens with zero attached hydrogens (tertiary/aromatic N) is 3.